The zero-order valence-electron chi connectivity index (χ0n) is 13.8. The molecular formula is C21H14O5. The Balaban J connectivity index is 1.92. The Kier molecular flexibility index (Phi) is 2.73. The summed E-state index contributed by atoms with van der Waals surface area (Å²) in [6, 6.07) is 15.1. The number of aromatic hydroxyl groups is 2. The fraction of sp³-hybridized carbons (Fsp3) is 0.0952. The van der Waals surface area contributed by atoms with E-state index in [4.69, 9.17) is 9.47 Å². The van der Waals surface area contributed by atoms with E-state index in [1.807, 2.05) is 25.1 Å². The van der Waals surface area contributed by atoms with Crippen LogP contribution in [0.15, 0.2) is 54.6 Å². The molecule has 0 saturated carbocycles. The highest BCUT2D eigenvalue weighted by atomic mass is 16.6. The molecule has 0 aromatic heterocycles. The molecule has 26 heavy (non-hydrogen) atoms. The molecular weight excluding hydrogens is 332 g/mol. The zero-order chi connectivity index (χ0) is 18.1. The van der Waals surface area contributed by atoms with E-state index in [1.54, 1.807) is 12.1 Å². The second-order valence-electron chi connectivity index (χ2n) is 6.53. The van der Waals surface area contributed by atoms with E-state index in [0.29, 0.717) is 28.2 Å². The topological polar surface area (TPSA) is 76.0 Å². The van der Waals surface area contributed by atoms with Crippen LogP contribution in [0.1, 0.15) is 32.6 Å². The third-order valence-corrected chi connectivity index (χ3v) is 5.01. The molecule has 0 bridgehead atoms. The molecule has 0 radical (unpaired) electrons. The molecule has 2 aliphatic rings. The summed E-state index contributed by atoms with van der Waals surface area (Å²) in [5.41, 5.74) is 2.17. The first-order valence-corrected chi connectivity index (χ1v) is 8.19. The van der Waals surface area contributed by atoms with Crippen molar-refractivity contribution >= 4 is 5.97 Å². The predicted molar refractivity (Wildman–Crippen MR) is 92.8 cm³/mol. The predicted octanol–water partition coefficient (Wildman–Crippen LogP) is 3.97. The van der Waals surface area contributed by atoms with Crippen molar-refractivity contribution in [1.82, 2.24) is 0 Å². The number of carbonyl (C=O) groups excluding carboxylic acids is 1. The van der Waals surface area contributed by atoms with Crippen molar-refractivity contribution < 1.29 is 24.5 Å². The lowest BCUT2D eigenvalue weighted by molar-refractivity contribution is 0.0224. The number of esters is 1. The normalized spacial score (nSPS) is 15.7. The molecule has 2 aliphatic heterocycles. The van der Waals surface area contributed by atoms with E-state index in [-0.39, 0.29) is 11.5 Å². The lowest BCUT2D eigenvalue weighted by Gasteiger charge is -2.36. The Morgan fingerprint density at radius 3 is 2.08 bits per heavy atom. The van der Waals surface area contributed by atoms with E-state index in [0.717, 1.165) is 11.1 Å². The summed E-state index contributed by atoms with van der Waals surface area (Å²) < 4.78 is 11.9. The lowest BCUT2D eigenvalue weighted by atomic mass is 9.77. The molecule has 2 heterocycles. The third kappa shape index (κ3) is 1.72. The molecule has 5 heteroatoms. The van der Waals surface area contributed by atoms with Crippen LogP contribution in [0, 0.1) is 6.92 Å². The van der Waals surface area contributed by atoms with Crippen molar-refractivity contribution in [3.05, 3.63) is 82.4 Å². The smallest absolute Gasteiger partial charge is 0.340 e. The van der Waals surface area contributed by atoms with Gasteiger partial charge in [0.1, 0.15) is 23.0 Å². The van der Waals surface area contributed by atoms with Crippen LogP contribution in [-0.2, 0) is 10.3 Å². The molecule has 0 unspecified atom stereocenters. The van der Waals surface area contributed by atoms with Gasteiger partial charge in [-0.2, -0.15) is 0 Å². The van der Waals surface area contributed by atoms with Gasteiger partial charge in [-0.05, 0) is 36.8 Å². The summed E-state index contributed by atoms with van der Waals surface area (Å²) in [5.74, 6) is 0.432. The van der Waals surface area contributed by atoms with Crippen molar-refractivity contribution in [3.8, 4) is 23.0 Å². The lowest BCUT2D eigenvalue weighted by Crippen LogP contribution is -2.32. The maximum absolute atomic E-state index is 12.8. The highest BCUT2D eigenvalue weighted by Crippen LogP contribution is 2.57. The third-order valence-electron chi connectivity index (χ3n) is 5.01. The Bertz CT molecular complexity index is 1050. The van der Waals surface area contributed by atoms with Gasteiger partial charge in [0.15, 0.2) is 5.60 Å². The largest absolute Gasteiger partial charge is 0.508 e. The number of rotatable bonds is 0. The molecule has 128 valence electrons. The molecule has 5 nitrogen and oxygen atoms in total. The van der Waals surface area contributed by atoms with Gasteiger partial charge in [-0.1, -0.05) is 18.2 Å². The molecule has 0 saturated heterocycles. The average molecular weight is 346 g/mol. The number of carbonyl (C=O) groups is 1. The minimum absolute atomic E-state index is 0.0382. The Morgan fingerprint density at radius 1 is 0.846 bits per heavy atom. The van der Waals surface area contributed by atoms with Crippen LogP contribution in [0.5, 0.6) is 23.0 Å². The second kappa shape index (κ2) is 4.79. The quantitative estimate of drug-likeness (QED) is 0.602. The molecule has 0 atom stereocenters. The Morgan fingerprint density at radius 2 is 1.46 bits per heavy atom. The van der Waals surface area contributed by atoms with Crippen LogP contribution >= 0.6 is 0 Å². The van der Waals surface area contributed by atoms with Gasteiger partial charge < -0.3 is 19.7 Å². The number of aryl methyl sites for hydroxylation is 1. The summed E-state index contributed by atoms with van der Waals surface area (Å²) >= 11 is 0. The molecule has 5 rings (SSSR count). The van der Waals surface area contributed by atoms with Gasteiger partial charge in [0.05, 0.1) is 5.56 Å². The molecule has 1 spiro atoms. The Labute approximate surface area is 149 Å². The fourth-order valence-corrected chi connectivity index (χ4v) is 3.91. The summed E-state index contributed by atoms with van der Waals surface area (Å²) in [6.45, 7) is 1.87. The van der Waals surface area contributed by atoms with Crippen molar-refractivity contribution in [2.45, 2.75) is 12.5 Å². The SMILES string of the molecule is Cc1cccc2c1C(=O)OC21c2ccc(O)cc2Oc2cc(O)ccc21. The summed E-state index contributed by atoms with van der Waals surface area (Å²) in [5, 5.41) is 19.8. The average Bonchev–Trinajstić information content (AvgIpc) is 2.89. The Hall–Kier alpha value is -3.47. The van der Waals surface area contributed by atoms with Gasteiger partial charge in [-0.25, -0.2) is 4.79 Å². The first-order chi connectivity index (χ1) is 12.5. The van der Waals surface area contributed by atoms with E-state index >= 15 is 0 Å². The van der Waals surface area contributed by atoms with Crippen molar-refractivity contribution in [2.75, 3.05) is 0 Å². The molecule has 0 fully saturated rings. The molecule has 0 amide bonds. The van der Waals surface area contributed by atoms with Crippen LogP contribution < -0.4 is 4.74 Å². The van der Waals surface area contributed by atoms with Crippen molar-refractivity contribution in [1.29, 1.82) is 0 Å². The van der Waals surface area contributed by atoms with E-state index in [9.17, 15) is 15.0 Å². The van der Waals surface area contributed by atoms with Gasteiger partial charge in [0.2, 0.25) is 0 Å². The van der Waals surface area contributed by atoms with Crippen LogP contribution in [0.2, 0.25) is 0 Å². The molecule has 2 N–H and O–H groups in total. The van der Waals surface area contributed by atoms with Crippen LogP contribution in [0.25, 0.3) is 0 Å². The number of ether oxygens (including phenoxy) is 2. The van der Waals surface area contributed by atoms with Gasteiger partial charge >= 0.3 is 5.97 Å². The second-order valence-corrected chi connectivity index (χ2v) is 6.53. The van der Waals surface area contributed by atoms with Gasteiger partial charge in [0, 0.05) is 28.8 Å². The standard InChI is InChI=1S/C21H14O5/c1-11-3-2-4-16-19(11)20(24)26-21(16)14-7-5-12(22)9-17(14)25-18-10-13(23)6-8-15(18)21/h2-10,22-23H,1H3. The first-order valence-electron chi connectivity index (χ1n) is 8.19. The van der Waals surface area contributed by atoms with Crippen molar-refractivity contribution in [2.24, 2.45) is 0 Å². The maximum atomic E-state index is 12.8. The highest BCUT2D eigenvalue weighted by molar-refractivity contribution is 5.98. The number of phenols is 2. The molecule has 3 aromatic rings. The summed E-state index contributed by atoms with van der Waals surface area (Å²) in [6.07, 6.45) is 0. The van der Waals surface area contributed by atoms with Gasteiger partial charge in [0.25, 0.3) is 0 Å². The highest BCUT2D eigenvalue weighted by Gasteiger charge is 2.53. The number of fused-ring (bicyclic) bond motifs is 6. The number of hydrogen-bond donors (Lipinski definition) is 2. The zero-order valence-corrected chi connectivity index (χ0v) is 13.8. The molecule has 0 aliphatic carbocycles. The van der Waals surface area contributed by atoms with Gasteiger partial charge in [-0.3, -0.25) is 0 Å². The number of benzene rings is 3. The number of phenolic OH excluding ortho intramolecular Hbond substituents is 2. The first kappa shape index (κ1) is 14.8. The van der Waals surface area contributed by atoms with Crippen LogP contribution in [0.4, 0.5) is 0 Å². The van der Waals surface area contributed by atoms with Gasteiger partial charge in [-0.15, -0.1) is 0 Å². The minimum Gasteiger partial charge on any atom is -0.508 e. The summed E-state index contributed by atoms with van der Waals surface area (Å²) in [7, 11) is 0. The minimum atomic E-state index is -1.18. The monoisotopic (exact) mass is 346 g/mol. The van der Waals surface area contributed by atoms with Crippen LogP contribution in [0.3, 0.4) is 0 Å². The van der Waals surface area contributed by atoms with E-state index in [1.165, 1.54) is 24.3 Å². The van der Waals surface area contributed by atoms with E-state index < -0.39 is 11.6 Å². The van der Waals surface area contributed by atoms with Crippen molar-refractivity contribution in [3.63, 3.8) is 0 Å². The van der Waals surface area contributed by atoms with Crippen LogP contribution in [-0.4, -0.2) is 16.2 Å². The molecule has 3 aromatic carbocycles. The number of hydrogen-bond acceptors (Lipinski definition) is 5. The summed E-state index contributed by atoms with van der Waals surface area (Å²) in [4.78, 5) is 12.8. The maximum Gasteiger partial charge on any atom is 0.340 e. The fourth-order valence-electron chi connectivity index (χ4n) is 3.91. The van der Waals surface area contributed by atoms with E-state index in [2.05, 4.69) is 0 Å².